The highest BCUT2D eigenvalue weighted by molar-refractivity contribution is 8.00. The van der Waals surface area contributed by atoms with Crippen LogP contribution in [0.1, 0.15) is 12.5 Å². The fourth-order valence-corrected chi connectivity index (χ4v) is 4.54. The van der Waals surface area contributed by atoms with Crippen LogP contribution in [-0.2, 0) is 25.6 Å². The van der Waals surface area contributed by atoms with E-state index in [9.17, 15) is 9.59 Å². The molecular weight excluding hydrogens is 511 g/mol. The van der Waals surface area contributed by atoms with Gasteiger partial charge in [0, 0.05) is 31.1 Å². The number of hydrogen-bond acceptors (Lipinski definition) is 7. The zero-order valence-corrected chi connectivity index (χ0v) is 22.1. The summed E-state index contributed by atoms with van der Waals surface area (Å²) in [6.07, 6.45) is -0.0655. The summed E-state index contributed by atoms with van der Waals surface area (Å²) in [5.74, 6) is 0.274. The molecule has 2 unspecified atom stereocenters. The minimum absolute atomic E-state index is 0.0487. The lowest BCUT2D eigenvalue weighted by Crippen LogP contribution is -2.47. The van der Waals surface area contributed by atoms with Gasteiger partial charge in [-0.3, -0.25) is 14.5 Å². The molecule has 2 atom stereocenters. The van der Waals surface area contributed by atoms with Crippen molar-refractivity contribution in [3.63, 3.8) is 0 Å². The van der Waals surface area contributed by atoms with Gasteiger partial charge in [-0.2, -0.15) is 0 Å². The van der Waals surface area contributed by atoms with Gasteiger partial charge in [0.1, 0.15) is 12.4 Å². The van der Waals surface area contributed by atoms with Crippen LogP contribution in [-0.4, -0.2) is 68.6 Å². The van der Waals surface area contributed by atoms with Gasteiger partial charge in [-0.1, -0.05) is 29.3 Å². The highest BCUT2D eigenvalue weighted by Crippen LogP contribution is 2.24. The largest absolute Gasteiger partial charge is 0.493 e. The molecule has 190 valence electrons. The van der Waals surface area contributed by atoms with Crippen molar-refractivity contribution in [2.45, 2.75) is 24.5 Å². The maximum atomic E-state index is 12.3. The zero-order valence-electron chi connectivity index (χ0n) is 19.8. The quantitative estimate of drug-likeness (QED) is 0.336. The normalized spacial score (nSPS) is 17.0. The van der Waals surface area contributed by atoms with E-state index in [4.69, 9.17) is 37.4 Å². The minimum Gasteiger partial charge on any atom is -0.493 e. The molecule has 1 aliphatic rings. The van der Waals surface area contributed by atoms with Gasteiger partial charge >= 0.3 is 5.97 Å². The molecule has 1 amide bonds. The van der Waals surface area contributed by atoms with E-state index in [2.05, 4.69) is 10.2 Å². The summed E-state index contributed by atoms with van der Waals surface area (Å²) in [6, 6.07) is 13.1. The third kappa shape index (κ3) is 9.20. The third-order valence-electron chi connectivity index (χ3n) is 5.44. The van der Waals surface area contributed by atoms with Crippen molar-refractivity contribution in [2.24, 2.45) is 5.92 Å². The number of carbonyl (C=O) groups excluding carboxylic acids is 2. The summed E-state index contributed by atoms with van der Waals surface area (Å²) in [5.41, 5.74) is 1.09. The topological polar surface area (TPSA) is 77.1 Å². The van der Waals surface area contributed by atoms with E-state index < -0.39 is 0 Å². The highest BCUT2D eigenvalue weighted by Gasteiger charge is 2.21. The fourth-order valence-electron chi connectivity index (χ4n) is 3.49. The molecule has 1 heterocycles. The van der Waals surface area contributed by atoms with E-state index in [1.807, 2.05) is 36.4 Å². The number of nitrogens with one attached hydrogen (secondary N) is 1. The van der Waals surface area contributed by atoms with E-state index in [0.717, 1.165) is 30.1 Å². The summed E-state index contributed by atoms with van der Waals surface area (Å²) in [7, 11) is 1.36. The van der Waals surface area contributed by atoms with Crippen LogP contribution in [0.3, 0.4) is 0 Å². The molecule has 3 rings (SSSR count). The Labute approximate surface area is 220 Å². The van der Waals surface area contributed by atoms with Gasteiger partial charge in [-0.15, -0.1) is 11.8 Å². The lowest BCUT2D eigenvalue weighted by atomic mass is 10.2. The Bertz CT molecular complexity index is 992. The third-order valence-corrected chi connectivity index (χ3v) is 7.19. The maximum absolute atomic E-state index is 12.3. The van der Waals surface area contributed by atoms with Gasteiger partial charge in [0.15, 0.2) is 0 Å². The molecule has 0 aromatic heterocycles. The predicted molar refractivity (Wildman–Crippen MR) is 138 cm³/mol. The molecule has 1 aliphatic heterocycles. The SMILES string of the molecule is COC(=O)C(C)COc1ccc(SCC(=O)NCC2CN(Cc3ccc(Cl)c(Cl)c3)CCO2)cc1. The Balaban J connectivity index is 1.36. The number of amides is 1. The first kappa shape index (κ1) is 27.6. The van der Waals surface area contributed by atoms with Crippen molar-refractivity contribution in [1.29, 1.82) is 0 Å². The number of esters is 1. The first-order valence-corrected chi connectivity index (χ1v) is 13.1. The molecule has 7 nitrogen and oxygen atoms in total. The molecule has 10 heteroatoms. The van der Waals surface area contributed by atoms with E-state index in [0.29, 0.717) is 34.7 Å². The number of morpholine rings is 1. The first-order valence-electron chi connectivity index (χ1n) is 11.3. The van der Waals surface area contributed by atoms with Crippen molar-refractivity contribution >= 4 is 46.8 Å². The van der Waals surface area contributed by atoms with Gasteiger partial charge in [0.2, 0.25) is 5.91 Å². The molecule has 2 aromatic carbocycles. The summed E-state index contributed by atoms with van der Waals surface area (Å²) in [6.45, 7) is 5.37. The number of hydrogen-bond donors (Lipinski definition) is 1. The molecule has 0 spiro atoms. The molecule has 1 fully saturated rings. The summed E-state index contributed by atoms with van der Waals surface area (Å²) >= 11 is 13.6. The zero-order chi connectivity index (χ0) is 25.2. The van der Waals surface area contributed by atoms with Crippen molar-refractivity contribution in [2.75, 3.05) is 45.7 Å². The van der Waals surface area contributed by atoms with E-state index in [-0.39, 0.29) is 30.5 Å². The molecule has 0 bridgehead atoms. The number of carbonyl (C=O) groups is 2. The van der Waals surface area contributed by atoms with Gasteiger partial charge in [0.25, 0.3) is 0 Å². The lowest BCUT2D eigenvalue weighted by Gasteiger charge is -2.33. The van der Waals surface area contributed by atoms with Gasteiger partial charge in [0.05, 0.1) is 41.5 Å². The van der Waals surface area contributed by atoms with Crippen LogP contribution in [0.4, 0.5) is 0 Å². The summed E-state index contributed by atoms with van der Waals surface area (Å²) < 4.78 is 16.1. The van der Waals surface area contributed by atoms with E-state index in [1.54, 1.807) is 13.0 Å². The van der Waals surface area contributed by atoms with Gasteiger partial charge in [-0.25, -0.2) is 0 Å². The Kier molecular flexibility index (Phi) is 11.0. The molecule has 1 N–H and O–H groups in total. The molecule has 0 saturated carbocycles. The standard InChI is InChI=1S/C25H30Cl2N2O5S/c1-17(25(31)32-2)15-34-19-4-6-21(7-5-19)35-16-24(30)28-12-20-14-29(9-10-33-20)13-18-3-8-22(26)23(27)11-18/h3-8,11,17,20H,9-10,12-16H2,1-2H3,(H,28,30). The van der Waals surface area contributed by atoms with Crippen molar-refractivity contribution in [3.8, 4) is 5.75 Å². The van der Waals surface area contributed by atoms with Gasteiger partial charge in [-0.05, 0) is 48.9 Å². The molecule has 0 radical (unpaired) electrons. The van der Waals surface area contributed by atoms with Crippen molar-refractivity contribution in [3.05, 3.63) is 58.1 Å². The van der Waals surface area contributed by atoms with Crippen LogP contribution >= 0.6 is 35.0 Å². The van der Waals surface area contributed by atoms with Gasteiger partial charge < -0.3 is 19.5 Å². The molecule has 2 aromatic rings. The molecule has 35 heavy (non-hydrogen) atoms. The minimum atomic E-state index is -0.339. The number of nitrogens with zero attached hydrogens (tertiary/aromatic N) is 1. The Morgan fingerprint density at radius 2 is 1.97 bits per heavy atom. The second-order valence-electron chi connectivity index (χ2n) is 8.28. The van der Waals surface area contributed by atoms with E-state index >= 15 is 0 Å². The number of ether oxygens (including phenoxy) is 3. The molecule has 1 saturated heterocycles. The number of halogens is 2. The Morgan fingerprint density at radius 3 is 2.69 bits per heavy atom. The smallest absolute Gasteiger partial charge is 0.311 e. The summed E-state index contributed by atoms with van der Waals surface area (Å²) in [5, 5.41) is 4.06. The summed E-state index contributed by atoms with van der Waals surface area (Å²) in [4.78, 5) is 27.0. The maximum Gasteiger partial charge on any atom is 0.311 e. The van der Waals surface area contributed by atoms with Crippen LogP contribution in [0.25, 0.3) is 0 Å². The number of benzene rings is 2. The predicted octanol–water partition coefficient (Wildman–Crippen LogP) is 4.29. The second-order valence-corrected chi connectivity index (χ2v) is 10.1. The molecular formula is C25H30Cl2N2O5S. The number of methoxy groups -OCH3 is 1. The van der Waals surface area contributed by atoms with Crippen LogP contribution in [0.15, 0.2) is 47.4 Å². The average molecular weight is 541 g/mol. The highest BCUT2D eigenvalue weighted by atomic mass is 35.5. The van der Waals surface area contributed by atoms with E-state index in [1.165, 1.54) is 18.9 Å². The molecule has 0 aliphatic carbocycles. The Hall–Kier alpha value is -1.97. The first-order chi connectivity index (χ1) is 16.8. The Morgan fingerprint density at radius 1 is 1.20 bits per heavy atom. The van der Waals surface area contributed by atoms with Crippen molar-refractivity contribution in [1.82, 2.24) is 10.2 Å². The average Bonchev–Trinajstić information content (AvgIpc) is 2.87. The lowest BCUT2D eigenvalue weighted by molar-refractivity contribution is -0.145. The number of rotatable bonds is 11. The van der Waals surface area contributed by atoms with Crippen LogP contribution in [0, 0.1) is 5.92 Å². The van der Waals surface area contributed by atoms with Crippen LogP contribution in [0.2, 0.25) is 10.0 Å². The van der Waals surface area contributed by atoms with Crippen molar-refractivity contribution < 1.29 is 23.8 Å². The van der Waals surface area contributed by atoms with Crippen LogP contribution in [0.5, 0.6) is 5.75 Å². The fraction of sp³-hybridized carbons (Fsp3) is 0.440. The number of thioether (sulfide) groups is 1. The van der Waals surface area contributed by atoms with Crippen LogP contribution < -0.4 is 10.1 Å². The second kappa shape index (κ2) is 13.9. The monoisotopic (exact) mass is 540 g/mol.